The Morgan fingerprint density at radius 3 is 2.22 bits per heavy atom. The Kier molecular flexibility index (Phi) is 4.86. The van der Waals surface area contributed by atoms with Gasteiger partial charge in [0.1, 0.15) is 0 Å². The van der Waals surface area contributed by atoms with E-state index < -0.39 is 10.0 Å². The summed E-state index contributed by atoms with van der Waals surface area (Å²) in [6.07, 6.45) is 0. The molecule has 1 aromatic carbocycles. The predicted octanol–water partition coefficient (Wildman–Crippen LogP) is 1.04. The Morgan fingerprint density at radius 2 is 1.83 bits per heavy atom. The van der Waals surface area contributed by atoms with E-state index in [-0.39, 0.29) is 24.7 Å². The minimum absolute atomic E-state index is 0.00952. The van der Waals surface area contributed by atoms with Crippen molar-refractivity contribution in [1.29, 1.82) is 0 Å². The van der Waals surface area contributed by atoms with Crippen LogP contribution in [0.4, 0.5) is 5.69 Å². The van der Waals surface area contributed by atoms with E-state index in [0.717, 1.165) is 4.31 Å². The summed E-state index contributed by atoms with van der Waals surface area (Å²) in [6, 6.07) is 6.29. The lowest BCUT2D eigenvalue weighted by Gasteiger charge is -2.22. The predicted molar refractivity (Wildman–Crippen MR) is 70.3 cm³/mol. The zero-order valence-electron chi connectivity index (χ0n) is 10.5. The van der Waals surface area contributed by atoms with E-state index in [1.54, 1.807) is 31.2 Å². The number of sulfonamides is 1. The monoisotopic (exact) mass is 271 g/mol. The quantitative estimate of drug-likeness (QED) is 0.784. The summed E-state index contributed by atoms with van der Waals surface area (Å²) in [4.78, 5) is 11.1. The molecule has 0 radical (unpaired) electrons. The molecule has 1 aromatic rings. The van der Waals surface area contributed by atoms with Crippen LogP contribution < -0.4 is 4.31 Å². The van der Waals surface area contributed by atoms with E-state index in [4.69, 9.17) is 5.11 Å². The molecule has 100 valence electrons. The summed E-state index contributed by atoms with van der Waals surface area (Å²) < 4.78 is 24.9. The largest absolute Gasteiger partial charge is 0.394 e. The Morgan fingerprint density at radius 1 is 1.28 bits per heavy atom. The van der Waals surface area contributed by atoms with Gasteiger partial charge in [-0.1, -0.05) is 0 Å². The standard InChI is InChI=1S/C12H17NO4S/c1-3-18(16,17)13(8-9-14)12-6-4-11(5-7-12)10(2)15/h4-7,14H,3,8-9H2,1-2H3. The van der Waals surface area contributed by atoms with Crippen LogP contribution in [0.5, 0.6) is 0 Å². The Hall–Kier alpha value is -1.40. The van der Waals surface area contributed by atoms with Crippen LogP contribution in [0.3, 0.4) is 0 Å². The second-order valence-corrected chi connectivity index (χ2v) is 5.98. The zero-order chi connectivity index (χ0) is 13.8. The molecule has 1 rings (SSSR count). The number of carbonyl (C=O) groups excluding carboxylic acids is 1. The highest BCUT2D eigenvalue weighted by molar-refractivity contribution is 7.92. The van der Waals surface area contributed by atoms with Gasteiger partial charge in [-0.2, -0.15) is 0 Å². The SMILES string of the molecule is CCS(=O)(=O)N(CCO)c1ccc(C(C)=O)cc1. The van der Waals surface area contributed by atoms with Crippen molar-refractivity contribution in [3.05, 3.63) is 29.8 Å². The number of ketones is 1. The average molecular weight is 271 g/mol. The van der Waals surface area contributed by atoms with Gasteiger partial charge in [-0.3, -0.25) is 9.10 Å². The van der Waals surface area contributed by atoms with Crippen LogP contribution in [0.2, 0.25) is 0 Å². The maximum Gasteiger partial charge on any atom is 0.234 e. The molecule has 18 heavy (non-hydrogen) atoms. The fourth-order valence-corrected chi connectivity index (χ4v) is 2.65. The minimum Gasteiger partial charge on any atom is -0.394 e. The van der Waals surface area contributed by atoms with Crippen molar-refractivity contribution in [1.82, 2.24) is 0 Å². The van der Waals surface area contributed by atoms with Gasteiger partial charge >= 0.3 is 0 Å². The van der Waals surface area contributed by atoms with Crippen molar-refractivity contribution in [2.24, 2.45) is 0 Å². The van der Waals surface area contributed by atoms with E-state index in [0.29, 0.717) is 11.3 Å². The van der Waals surface area contributed by atoms with Crippen molar-refractivity contribution in [3.63, 3.8) is 0 Å². The number of carbonyl (C=O) groups is 1. The molecule has 0 spiro atoms. The molecule has 5 nitrogen and oxygen atoms in total. The number of hydrogen-bond acceptors (Lipinski definition) is 4. The highest BCUT2D eigenvalue weighted by atomic mass is 32.2. The first-order chi connectivity index (χ1) is 8.42. The Labute approximate surface area is 107 Å². The molecule has 6 heteroatoms. The maximum atomic E-state index is 11.9. The molecule has 0 aliphatic heterocycles. The van der Waals surface area contributed by atoms with Crippen LogP contribution >= 0.6 is 0 Å². The first-order valence-electron chi connectivity index (χ1n) is 5.64. The molecule has 0 saturated heterocycles. The van der Waals surface area contributed by atoms with E-state index in [9.17, 15) is 13.2 Å². The first kappa shape index (κ1) is 14.7. The number of benzene rings is 1. The van der Waals surface area contributed by atoms with Gasteiger partial charge in [0.15, 0.2) is 5.78 Å². The molecule has 0 bridgehead atoms. The summed E-state index contributed by atoms with van der Waals surface area (Å²) in [5.41, 5.74) is 0.979. The number of rotatable bonds is 6. The van der Waals surface area contributed by atoms with E-state index >= 15 is 0 Å². The lowest BCUT2D eigenvalue weighted by Crippen LogP contribution is -2.34. The van der Waals surface area contributed by atoms with Gasteiger partial charge in [0.25, 0.3) is 0 Å². The van der Waals surface area contributed by atoms with Crippen molar-refractivity contribution in [2.45, 2.75) is 13.8 Å². The zero-order valence-corrected chi connectivity index (χ0v) is 11.3. The average Bonchev–Trinajstić information content (AvgIpc) is 2.36. The number of Topliss-reactive ketones (excluding diaryl/α,β-unsaturated/α-hetero) is 1. The van der Waals surface area contributed by atoms with Gasteiger partial charge in [-0.15, -0.1) is 0 Å². The number of aliphatic hydroxyl groups is 1. The van der Waals surface area contributed by atoms with Gasteiger partial charge in [0.2, 0.25) is 10.0 Å². The minimum atomic E-state index is -3.42. The summed E-state index contributed by atoms with van der Waals surface area (Å²) in [6.45, 7) is 2.75. The highest BCUT2D eigenvalue weighted by Crippen LogP contribution is 2.19. The van der Waals surface area contributed by atoms with Crippen LogP contribution in [0.15, 0.2) is 24.3 Å². The van der Waals surface area contributed by atoms with Gasteiger partial charge < -0.3 is 5.11 Å². The molecule has 0 aliphatic rings. The van der Waals surface area contributed by atoms with Crippen molar-refractivity contribution >= 4 is 21.5 Å². The number of hydrogen-bond donors (Lipinski definition) is 1. The third-order valence-electron chi connectivity index (χ3n) is 2.57. The summed E-state index contributed by atoms with van der Waals surface area (Å²) in [5, 5.41) is 8.94. The fourth-order valence-electron chi connectivity index (χ4n) is 1.54. The van der Waals surface area contributed by atoms with Gasteiger partial charge in [0, 0.05) is 5.56 Å². The molecular weight excluding hydrogens is 254 g/mol. The van der Waals surface area contributed by atoms with Crippen molar-refractivity contribution in [2.75, 3.05) is 23.2 Å². The Balaban J connectivity index is 3.11. The van der Waals surface area contributed by atoms with E-state index in [1.165, 1.54) is 6.92 Å². The second kappa shape index (κ2) is 5.97. The lowest BCUT2D eigenvalue weighted by atomic mass is 10.1. The smallest absolute Gasteiger partial charge is 0.234 e. The van der Waals surface area contributed by atoms with Crippen LogP contribution in [0, 0.1) is 0 Å². The molecule has 0 heterocycles. The van der Waals surface area contributed by atoms with Crippen molar-refractivity contribution < 1.29 is 18.3 Å². The van der Waals surface area contributed by atoms with Gasteiger partial charge in [-0.25, -0.2) is 8.42 Å². The molecule has 0 aliphatic carbocycles. The first-order valence-corrected chi connectivity index (χ1v) is 7.25. The number of anilines is 1. The molecule has 0 aromatic heterocycles. The van der Waals surface area contributed by atoms with Crippen LogP contribution in [-0.2, 0) is 10.0 Å². The highest BCUT2D eigenvalue weighted by Gasteiger charge is 2.19. The third-order valence-corrected chi connectivity index (χ3v) is 4.36. The van der Waals surface area contributed by atoms with Gasteiger partial charge in [-0.05, 0) is 38.1 Å². The maximum absolute atomic E-state index is 11.9. The summed E-state index contributed by atoms with van der Waals surface area (Å²) >= 11 is 0. The van der Waals surface area contributed by atoms with Crippen LogP contribution in [0.25, 0.3) is 0 Å². The third kappa shape index (κ3) is 3.30. The van der Waals surface area contributed by atoms with E-state index in [2.05, 4.69) is 0 Å². The molecular formula is C12H17NO4S. The molecule has 0 unspecified atom stereocenters. The van der Waals surface area contributed by atoms with Crippen LogP contribution in [-0.4, -0.2) is 38.2 Å². The van der Waals surface area contributed by atoms with Gasteiger partial charge in [0.05, 0.1) is 24.6 Å². The molecule has 0 fully saturated rings. The lowest BCUT2D eigenvalue weighted by molar-refractivity contribution is 0.101. The van der Waals surface area contributed by atoms with E-state index in [1.807, 2.05) is 0 Å². The fraction of sp³-hybridized carbons (Fsp3) is 0.417. The normalized spacial score (nSPS) is 11.3. The summed E-state index contributed by atoms with van der Waals surface area (Å²) in [5.74, 6) is -0.116. The second-order valence-electron chi connectivity index (χ2n) is 3.80. The van der Waals surface area contributed by atoms with Crippen LogP contribution in [0.1, 0.15) is 24.2 Å². The topological polar surface area (TPSA) is 74.7 Å². The number of nitrogens with zero attached hydrogens (tertiary/aromatic N) is 1. The number of aliphatic hydroxyl groups excluding tert-OH is 1. The molecule has 1 N–H and O–H groups in total. The molecule has 0 saturated carbocycles. The molecule has 0 atom stereocenters. The molecule has 0 amide bonds. The Bertz CT molecular complexity index is 507. The summed E-state index contributed by atoms with van der Waals surface area (Å²) in [7, 11) is -3.42. The van der Waals surface area contributed by atoms with Crippen molar-refractivity contribution in [3.8, 4) is 0 Å².